The number of ether oxygens (including phenoxy) is 2. The van der Waals surface area contributed by atoms with Gasteiger partial charge < -0.3 is 14.4 Å². The number of nitrogens with zero attached hydrogens (tertiary/aromatic N) is 6. The number of alkyl halides is 6. The van der Waals surface area contributed by atoms with Gasteiger partial charge in [0.25, 0.3) is 0 Å². The lowest BCUT2D eigenvalue weighted by molar-refractivity contribution is -0.310. The van der Waals surface area contributed by atoms with E-state index in [9.17, 15) is 26.3 Å². The first-order chi connectivity index (χ1) is 19.8. The van der Waals surface area contributed by atoms with Crippen LogP contribution in [0.1, 0.15) is 41.7 Å². The van der Waals surface area contributed by atoms with Crippen molar-refractivity contribution in [3.8, 4) is 11.4 Å². The molecule has 4 aliphatic rings. The molecule has 5 heterocycles. The van der Waals surface area contributed by atoms with Gasteiger partial charge in [-0.3, -0.25) is 9.47 Å². The summed E-state index contributed by atoms with van der Waals surface area (Å²) < 4.78 is 94.8. The summed E-state index contributed by atoms with van der Waals surface area (Å²) in [6, 6.07) is 7.32. The molecule has 0 amide bonds. The number of aromatic nitrogens is 4. The quantitative estimate of drug-likeness (QED) is 0.366. The summed E-state index contributed by atoms with van der Waals surface area (Å²) in [5, 5.41) is 9.19. The third-order valence-corrected chi connectivity index (χ3v) is 9.21. The Labute approximate surface area is 241 Å². The van der Waals surface area contributed by atoms with Gasteiger partial charge >= 0.3 is 12.4 Å². The average Bonchev–Trinajstić information content (AvgIpc) is 3.15. The maximum absolute atomic E-state index is 14.3. The molecule has 0 radical (unpaired) electrons. The van der Waals surface area contributed by atoms with Crippen LogP contribution in [-0.2, 0) is 24.0 Å². The lowest BCUT2D eigenvalue weighted by atomic mass is 9.57. The van der Waals surface area contributed by atoms with Crippen molar-refractivity contribution < 1.29 is 35.8 Å². The van der Waals surface area contributed by atoms with Crippen LogP contribution >= 0.6 is 11.6 Å². The summed E-state index contributed by atoms with van der Waals surface area (Å²) in [5.74, 6) is 1.45. The van der Waals surface area contributed by atoms with Crippen LogP contribution in [0.4, 0.5) is 32.2 Å². The van der Waals surface area contributed by atoms with E-state index in [2.05, 4.69) is 15.2 Å². The predicted molar refractivity (Wildman–Crippen MR) is 138 cm³/mol. The van der Waals surface area contributed by atoms with E-state index in [0.717, 1.165) is 6.07 Å². The Morgan fingerprint density at radius 3 is 2.36 bits per heavy atom. The number of rotatable bonds is 4. The second kappa shape index (κ2) is 9.20. The Morgan fingerprint density at radius 1 is 1.00 bits per heavy atom. The number of fused-ring (bicyclic) bond motifs is 3. The predicted octanol–water partition coefficient (Wildman–Crippen LogP) is 5.37. The van der Waals surface area contributed by atoms with Gasteiger partial charge in [0.05, 0.1) is 32.6 Å². The van der Waals surface area contributed by atoms with Gasteiger partial charge in [0.15, 0.2) is 22.9 Å². The van der Waals surface area contributed by atoms with Crippen LogP contribution in [0.2, 0.25) is 5.02 Å². The first-order valence-corrected chi connectivity index (χ1v) is 13.7. The highest BCUT2D eigenvalue weighted by atomic mass is 35.5. The first kappa shape index (κ1) is 27.7. The number of hydrogen-bond donors (Lipinski definition) is 0. The van der Waals surface area contributed by atoms with E-state index in [4.69, 9.17) is 21.1 Å². The van der Waals surface area contributed by atoms with E-state index in [0.29, 0.717) is 53.9 Å². The molecular weight excluding hydrogens is 590 g/mol. The molecule has 0 unspecified atom stereocenters. The smallest absolute Gasteiger partial charge is 0.433 e. The lowest BCUT2D eigenvalue weighted by Crippen LogP contribution is -2.69. The molecule has 2 aromatic heterocycles. The van der Waals surface area contributed by atoms with Crippen LogP contribution in [0.25, 0.3) is 5.69 Å². The van der Waals surface area contributed by atoms with Crippen molar-refractivity contribution in [3.05, 3.63) is 58.3 Å². The van der Waals surface area contributed by atoms with Crippen LogP contribution in [0.15, 0.2) is 30.3 Å². The van der Waals surface area contributed by atoms with E-state index in [1.807, 2.05) is 4.57 Å². The molecule has 1 aliphatic carbocycles. The molecule has 224 valence electrons. The third-order valence-electron chi connectivity index (χ3n) is 8.97. The fraction of sp³-hybridized carbons (Fsp3) is 0.519. The molecule has 1 aromatic carbocycles. The van der Waals surface area contributed by atoms with Gasteiger partial charge in [-0.25, -0.2) is 4.98 Å². The fourth-order valence-electron chi connectivity index (χ4n) is 6.73. The summed E-state index contributed by atoms with van der Waals surface area (Å²) in [5.41, 5.74) is -1.93. The van der Waals surface area contributed by atoms with Crippen molar-refractivity contribution in [1.82, 2.24) is 24.6 Å². The van der Waals surface area contributed by atoms with Crippen molar-refractivity contribution in [3.63, 3.8) is 0 Å². The maximum atomic E-state index is 14.3. The van der Waals surface area contributed by atoms with Gasteiger partial charge in [0, 0.05) is 36.0 Å². The summed E-state index contributed by atoms with van der Waals surface area (Å²) in [4.78, 5) is 6.96. The van der Waals surface area contributed by atoms with Gasteiger partial charge in [-0.1, -0.05) is 11.6 Å². The molecule has 0 N–H and O–H groups in total. The van der Waals surface area contributed by atoms with Gasteiger partial charge in [-0.2, -0.15) is 26.3 Å². The number of methoxy groups -OCH3 is 1. The Bertz CT molecular complexity index is 1540. The van der Waals surface area contributed by atoms with Gasteiger partial charge in [0.2, 0.25) is 0 Å². The van der Waals surface area contributed by atoms with Crippen molar-refractivity contribution in [2.45, 2.75) is 49.7 Å². The molecule has 1 spiro atoms. The molecule has 3 aromatic rings. The Hall–Kier alpha value is -3.10. The van der Waals surface area contributed by atoms with Crippen LogP contribution in [0.5, 0.6) is 5.75 Å². The summed E-state index contributed by atoms with van der Waals surface area (Å²) in [7, 11) is 1.39. The van der Waals surface area contributed by atoms with Gasteiger partial charge in [-0.05, 0) is 48.7 Å². The molecule has 0 atom stereocenters. The Morgan fingerprint density at radius 2 is 1.74 bits per heavy atom. The summed E-state index contributed by atoms with van der Waals surface area (Å²) in [6.07, 6.45) is -7.67. The van der Waals surface area contributed by atoms with Crippen LogP contribution in [0, 0.1) is 5.41 Å². The molecule has 7 rings (SSSR count). The van der Waals surface area contributed by atoms with E-state index in [1.54, 1.807) is 23.1 Å². The van der Waals surface area contributed by atoms with Crippen molar-refractivity contribution >= 4 is 17.4 Å². The second-order valence-corrected chi connectivity index (χ2v) is 12.1. The molecule has 2 saturated heterocycles. The van der Waals surface area contributed by atoms with Crippen molar-refractivity contribution in [2.24, 2.45) is 5.41 Å². The van der Waals surface area contributed by atoms with Crippen molar-refractivity contribution in [2.75, 3.05) is 38.3 Å². The number of anilines is 1. The lowest BCUT2D eigenvalue weighted by Gasteiger charge is -2.59. The zero-order valence-electron chi connectivity index (χ0n) is 22.3. The van der Waals surface area contributed by atoms with Gasteiger partial charge in [-0.15, -0.1) is 10.2 Å². The van der Waals surface area contributed by atoms with E-state index in [-0.39, 0.29) is 36.0 Å². The average molecular weight is 615 g/mol. The van der Waals surface area contributed by atoms with E-state index < -0.39 is 36.8 Å². The molecule has 1 saturated carbocycles. The van der Waals surface area contributed by atoms with Gasteiger partial charge in [0.1, 0.15) is 11.5 Å². The zero-order valence-corrected chi connectivity index (χ0v) is 23.0. The number of pyridine rings is 1. The minimum Gasteiger partial charge on any atom is -0.493 e. The molecule has 3 fully saturated rings. The molecular formula is C27H25ClF6N6O2. The molecule has 3 aliphatic heterocycles. The van der Waals surface area contributed by atoms with E-state index >= 15 is 0 Å². The summed E-state index contributed by atoms with van der Waals surface area (Å²) >= 11 is 6.27. The van der Waals surface area contributed by atoms with Crippen molar-refractivity contribution in [1.29, 1.82) is 0 Å². The highest BCUT2D eigenvalue weighted by molar-refractivity contribution is 6.30. The number of halogens is 7. The summed E-state index contributed by atoms with van der Waals surface area (Å²) in [6.45, 7) is 0.0272. The normalized spacial score (nSPS) is 21.6. The molecule has 0 bridgehead atoms. The SMILES string of the molecule is COc1ccc(C(F)(F)F)nc1N1CC2(CC(c3nnc4n3-c3ccc(Cl)cc3CN(C3(C(F)(F)F)COC3)C4)C2)C1. The Balaban J connectivity index is 1.14. The largest absolute Gasteiger partial charge is 0.493 e. The zero-order chi connectivity index (χ0) is 29.7. The van der Waals surface area contributed by atoms with E-state index in [1.165, 1.54) is 18.1 Å². The highest BCUT2D eigenvalue weighted by Crippen LogP contribution is 2.57. The Kier molecular flexibility index (Phi) is 6.07. The van der Waals surface area contributed by atoms with Crippen LogP contribution < -0.4 is 9.64 Å². The minimum absolute atomic E-state index is 0.0109. The molecule has 42 heavy (non-hydrogen) atoms. The number of hydrogen-bond acceptors (Lipinski definition) is 7. The van der Waals surface area contributed by atoms with Crippen LogP contribution in [-0.4, -0.2) is 69.8 Å². The molecule has 8 nitrogen and oxygen atoms in total. The second-order valence-electron chi connectivity index (χ2n) is 11.6. The highest BCUT2D eigenvalue weighted by Gasteiger charge is 2.64. The standard InChI is InChI=1S/C27H25ClF6N6O2/c1-41-19-4-5-20(26(29,30)31)35-23(19)38-11-24(12-38)7-16(8-24)22-37-36-21-10-39(25(13-42-14-25)27(32,33)34)9-15-6-17(28)2-3-18(15)40(21)22/h2-6,16H,7-14H2,1H3. The monoisotopic (exact) mass is 614 g/mol. The first-order valence-electron chi connectivity index (χ1n) is 13.3. The third kappa shape index (κ3) is 4.16. The number of benzene rings is 1. The van der Waals surface area contributed by atoms with Crippen LogP contribution in [0.3, 0.4) is 0 Å². The maximum Gasteiger partial charge on any atom is 0.433 e. The fourth-order valence-corrected chi connectivity index (χ4v) is 6.93. The minimum atomic E-state index is -4.57. The topological polar surface area (TPSA) is 68.5 Å². The molecule has 15 heteroatoms.